The van der Waals surface area contributed by atoms with Crippen molar-refractivity contribution in [2.45, 2.75) is 6.92 Å². The molecule has 0 aliphatic rings. The molecule has 0 saturated carbocycles. The summed E-state index contributed by atoms with van der Waals surface area (Å²) < 4.78 is 19.3. The lowest BCUT2D eigenvalue weighted by Gasteiger charge is -2.14. The minimum atomic E-state index is -1.21. The quantitative estimate of drug-likeness (QED) is 0.736. The van der Waals surface area contributed by atoms with Gasteiger partial charge in [0, 0.05) is 5.69 Å². The van der Waals surface area contributed by atoms with Crippen LogP contribution in [0, 0.1) is 5.82 Å². The molecular weight excluding hydrogens is 275 g/mol. The fourth-order valence-electron chi connectivity index (χ4n) is 1.87. The Kier molecular flexibility index (Phi) is 4.27. The number of halogens is 1. The van der Waals surface area contributed by atoms with E-state index in [-0.39, 0.29) is 16.9 Å². The van der Waals surface area contributed by atoms with Crippen LogP contribution in [-0.4, -0.2) is 17.7 Å². The lowest BCUT2D eigenvalue weighted by Crippen LogP contribution is -2.06. The number of nitrogen functional groups attached to an aromatic ring is 1. The Hall–Kier alpha value is -2.76. The van der Waals surface area contributed by atoms with Crippen molar-refractivity contribution in [2.24, 2.45) is 0 Å². The molecule has 0 fully saturated rings. The second-order valence-corrected chi connectivity index (χ2v) is 4.28. The van der Waals surface area contributed by atoms with Crippen LogP contribution in [0.4, 0.5) is 21.5 Å². The van der Waals surface area contributed by atoms with Crippen LogP contribution in [0.15, 0.2) is 36.4 Å². The third kappa shape index (κ3) is 3.22. The molecule has 0 heterocycles. The van der Waals surface area contributed by atoms with Gasteiger partial charge in [-0.15, -0.1) is 0 Å². The zero-order valence-electron chi connectivity index (χ0n) is 11.4. The summed E-state index contributed by atoms with van der Waals surface area (Å²) in [5.74, 6) is -1.30. The molecule has 0 amide bonds. The molecule has 21 heavy (non-hydrogen) atoms. The highest BCUT2D eigenvalue weighted by atomic mass is 19.1. The van der Waals surface area contributed by atoms with Gasteiger partial charge in [-0.3, -0.25) is 0 Å². The summed E-state index contributed by atoms with van der Waals surface area (Å²) in [5, 5.41) is 11.9. The highest BCUT2D eigenvalue weighted by Gasteiger charge is 2.14. The van der Waals surface area contributed by atoms with E-state index in [2.05, 4.69) is 5.32 Å². The van der Waals surface area contributed by atoms with E-state index in [1.807, 2.05) is 6.92 Å². The molecule has 0 atom stereocenters. The van der Waals surface area contributed by atoms with Crippen LogP contribution in [0.1, 0.15) is 17.3 Å². The Morgan fingerprint density at radius 1 is 1.33 bits per heavy atom. The molecule has 0 radical (unpaired) electrons. The van der Waals surface area contributed by atoms with Gasteiger partial charge in [-0.05, 0) is 31.2 Å². The number of hydrogen-bond donors (Lipinski definition) is 3. The highest BCUT2D eigenvalue weighted by molar-refractivity contribution is 5.95. The summed E-state index contributed by atoms with van der Waals surface area (Å²) >= 11 is 0. The van der Waals surface area contributed by atoms with E-state index in [4.69, 9.17) is 15.6 Å². The Balaban J connectivity index is 2.40. The zero-order chi connectivity index (χ0) is 15.4. The number of anilines is 3. The van der Waals surface area contributed by atoms with Crippen LogP contribution in [0.25, 0.3) is 0 Å². The summed E-state index contributed by atoms with van der Waals surface area (Å²) in [4.78, 5) is 11.1. The molecule has 2 rings (SSSR count). The van der Waals surface area contributed by atoms with E-state index in [1.54, 1.807) is 24.3 Å². The number of nitrogens with one attached hydrogen (secondary N) is 1. The molecule has 0 bridgehead atoms. The number of rotatable bonds is 5. The van der Waals surface area contributed by atoms with E-state index in [9.17, 15) is 9.18 Å². The number of ether oxygens (including phenoxy) is 1. The van der Waals surface area contributed by atoms with Crippen molar-refractivity contribution in [2.75, 3.05) is 17.7 Å². The number of carboxylic acid groups (broad SMARTS) is 1. The van der Waals surface area contributed by atoms with E-state index < -0.39 is 11.8 Å². The second-order valence-electron chi connectivity index (χ2n) is 4.28. The normalized spacial score (nSPS) is 10.2. The minimum Gasteiger partial charge on any atom is -0.492 e. The summed E-state index contributed by atoms with van der Waals surface area (Å²) in [5.41, 5.74) is 5.77. The standard InChI is InChI=1S/C15H15FN2O3/c1-2-21-14-6-4-3-5-12(14)18-13-7-9(15(19)20)11(17)8-10(13)16/h3-8,18H,2,17H2,1H3,(H,19,20). The highest BCUT2D eigenvalue weighted by Crippen LogP contribution is 2.30. The molecule has 0 unspecified atom stereocenters. The lowest BCUT2D eigenvalue weighted by molar-refractivity contribution is 0.0698. The second kappa shape index (κ2) is 6.13. The maximum atomic E-state index is 13.9. The number of carboxylic acids is 1. The van der Waals surface area contributed by atoms with Gasteiger partial charge in [0.25, 0.3) is 0 Å². The van der Waals surface area contributed by atoms with Gasteiger partial charge in [0.05, 0.1) is 23.5 Å². The Labute approximate surface area is 121 Å². The first-order valence-corrected chi connectivity index (χ1v) is 6.34. The van der Waals surface area contributed by atoms with Crippen LogP contribution >= 0.6 is 0 Å². The topological polar surface area (TPSA) is 84.6 Å². The predicted molar refractivity (Wildman–Crippen MR) is 78.7 cm³/mol. The molecule has 0 saturated heterocycles. The first-order chi connectivity index (χ1) is 10.0. The van der Waals surface area contributed by atoms with Gasteiger partial charge in [0.2, 0.25) is 0 Å². The Bertz CT molecular complexity index is 674. The summed E-state index contributed by atoms with van der Waals surface area (Å²) in [6.45, 7) is 2.30. The number of aromatic carboxylic acids is 1. The van der Waals surface area contributed by atoms with Gasteiger partial charge in [-0.2, -0.15) is 0 Å². The van der Waals surface area contributed by atoms with Gasteiger partial charge in [-0.1, -0.05) is 12.1 Å². The first kappa shape index (κ1) is 14.6. The van der Waals surface area contributed by atoms with E-state index >= 15 is 0 Å². The molecule has 0 aliphatic heterocycles. The molecule has 110 valence electrons. The van der Waals surface area contributed by atoms with Crippen molar-refractivity contribution < 1.29 is 19.0 Å². The SMILES string of the molecule is CCOc1ccccc1Nc1cc(C(=O)O)c(N)cc1F. The molecule has 0 aliphatic carbocycles. The van der Waals surface area contributed by atoms with Crippen molar-refractivity contribution in [3.8, 4) is 5.75 Å². The third-order valence-electron chi connectivity index (χ3n) is 2.83. The van der Waals surface area contributed by atoms with Crippen LogP contribution in [0.2, 0.25) is 0 Å². The molecule has 2 aromatic carbocycles. The lowest BCUT2D eigenvalue weighted by atomic mass is 10.1. The third-order valence-corrected chi connectivity index (χ3v) is 2.83. The first-order valence-electron chi connectivity index (χ1n) is 6.34. The van der Waals surface area contributed by atoms with Crippen LogP contribution in [0.3, 0.4) is 0 Å². The summed E-state index contributed by atoms with van der Waals surface area (Å²) in [7, 11) is 0. The smallest absolute Gasteiger partial charge is 0.337 e. The average Bonchev–Trinajstić information content (AvgIpc) is 2.43. The zero-order valence-corrected chi connectivity index (χ0v) is 11.4. The van der Waals surface area contributed by atoms with E-state index in [1.165, 1.54) is 0 Å². The van der Waals surface area contributed by atoms with Crippen LogP contribution in [0.5, 0.6) is 5.75 Å². The number of benzene rings is 2. The largest absolute Gasteiger partial charge is 0.492 e. The monoisotopic (exact) mass is 290 g/mol. The van der Waals surface area contributed by atoms with Crippen LogP contribution in [-0.2, 0) is 0 Å². The molecule has 4 N–H and O–H groups in total. The number of hydrogen-bond acceptors (Lipinski definition) is 4. The fourth-order valence-corrected chi connectivity index (χ4v) is 1.87. The number of para-hydroxylation sites is 2. The summed E-state index contributed by atoms with van der Waals surface area (Å²) in [6.07, 6.45) is 0. The maximum Gasteiger partial charge on any atom is 0.337 e. The maximum absolute atomic E-state index is 13.9. The van der Waals surface area contributed by atoms with Gasteiger partial charge >= 0.3 is 5.97 Å². The van der Waals surface area contributed by atoms with Gasteiger partial charge in [0.1, 0.15) is 11.6 Å². The van der Waals surface area contributed by atoms with Crippen molar-refractivity contribution in [1.29, 1.82) is 0 Å². The minimum absolute atomic E-state index is 0.0220. The van der Waals surface area contributed by atoms with Gasteiger partial charge in [-0.25, -0.2) is 9.18 Å². The predicted octanol–water partition coefficient (Wildman–Crippen LogP) is 3.25. The van der Waals surface area contributed by atoms with Crippen LogP contribution < -0.4 is 15.8 Å². The number of carbonyl (C=O) groups is 1. The Morgan fingerprint density at radius 2 is 2.05 bits per heavy atom. The van der Waals surface area contributed by atoms with E-state index in [0.717, 1.165) is 12.1 Å². The van der Waals surface area contributed by atoms with Crippen molar-refractivity contribution >= 4 is 23.0 Å². The van der Waals surface area contributed by atoms with Crippen molar-refractivity contribution in [3.05, 3.63) is 47.8 Å². The van der Waals surface area contributed by atoms with Crippen molar-refractivity contribution in [1.82, 2.24) is 0 Å². The summed E-state index contributed by atoms with van der Waals surface area (Å²) in [6, 6.07) is 9.14. The fraction of sp³-hybridized carbons (Fsp3) is 0.133. The van der Waals surface area contributed by atoms with Gasteiger partial charge in [0.15, 0.2) is 0 Å². The van der Waals surface area contributed by atoms with Crippen molar-refractivity contribution in [3.63, 3.8) is 0 Å². The Morgan fingerprint density at radius 3 is 2.71 bits per heavy atom. The molecule has 2 aromatic rings. The van der Waals surface area contributed by atoms with Gasteiger partial charge < -0.3 is 20.9 Å². The molecule has 0 spiro atoms. The molecule has 6 heteroatoms. The number of nitrogens with two attached hydrogens (primary N) is 1. The molecule has 0 aromatic heterocycles. The molecule has 5 nitrogen and oxygen atoms in total. The average molecular weight is 290 g/mol. The molecular formula is C15H15FN2O3. The van der Waals surface area contributed by atoms with E-state index in [0.29, 0.717) is 18.0 Å².